The number of ether oxygens (including phenoxy) is 1. The van der Waals surface area contributed by atoms with E-state index in [-0.39, 0.29) is 16.9 Å². The van der Waals surface area contributed by atoms with Crippen LogP contribution in [0.15, 0.2) is 16.9 Å². The lowest BCUT2D eigenvalue weighted by Crippen LogP contribution is -2.38. The largest absolute Gasteiger partial charge is 0.379 e. The number of carbonyl (C=O) groups is 1. The van der Waals surface area contributed by atoms with E-state index in [0.29, 0.717) is 15.7 Å². The second-order valence-corrected chi connectivity index (χ2v) is 11.0. The van der Waals surface area contributed by atoms with Crippen LogP contribution in [-0.2, 0) is 16.1 Å². The molecule has 2 aromatic rings. The number of thiazole rings is 1. The van der Waals surface area contributed by atoms with Crippen LogP contribution in [0.25, 0.3) is 11.6 Å². The Morgan fingerprint density at radius 1 is 1.23 bits per heavy atom. The first-order chi connectivity index (χ1) is 14.7. The van der Waals surface area contributed by atoms with Crippen LogP contribution >= 0.6 is 22.7 Å². The van der Waals surface area contributed by atoms with Crippen LogP contribution in [-0.4, -0.2) is 48.1 Å². The van der Waals surface area contributed by atoms with Crippen molar-refractivity contribution >= 4 is 40.1 Å². The van der Waals surface area contributed by atoms with Crippen LogP contribution in [0.4, 0.5) is 0 Å². The Bertz CT molecular complexity index is 1150. The molecule has 0 bridgehead atoms. The summed E-state index contributed by atoms with van der Waals surface area (Å²) in [5.74, 6) is -0.239. The van der Waals surface area contributed by atoms with Crippen LogP contribution in [0.2, 0.25) is 0 Å². The average Bonchev–Trinajstić information content (AvgIpc) is 3.27. The average molecular weight is 460 g/mol. The van der Waals surface area contributed by atoms with Crippen molar-refractivity contribution in [1.82, 2.24) is 9.47 Å². The highest BCUT2D eigenvalue weighted by atomic mass is 32.1. The van der Waals surface area contributed by atoms with Crippen LogP contribution in [0.1, 0.15) is 36.9 Å². The van der Waals surface area contributed by atoms with Crippen molar-refractivity contribution in [2.24, 2.45) is 5.41 Å². The highest BCUT2D eigenvalue weighted by molar-refractivity contribution is 7.13. The van der Waals surface area contributed by atoms with E-state index >= 15 is 0 Å². The summed E-state index contributed by atoms with van der Waals surface area (Å²) in [4.78, 5) is 30.7. The standard InChI is InChI=1S/C23H29N3O3S2/c1-16-6-7-17(30-16)14-19-21(28)26(9-5-8-25-10-12-29-13-11-25)22(31-19)18(15-24)20(27)23(2,3)4/h6-7,14H,5,8-13H2,1-4H3. The molecule has 6 nitrogen and oxygen atoms in total. The molecule has 0 radical (unpaired) electrons. The highest BCUT2D eigenvalue weighted by Gasteiger charge is 2.27. The Hall–Kier alpha value is -2.05. The minimum Gasteiger partial charge on any atom is -0.379 e. The van der Waals surface area contributed by atoms with Gasteiger partial charge in [-0.05, 0) is 31.6 Å². The number of hydrogen-bond donors (Lipinski definition) is 0. The number of rotatable bonds is 6. The van der Waals surface area contributed by atoms with Crippen LogP contribution in [0, 0.1) is 23.7 Å². The number of nitriles is 1. The predicted molar refractivity (Wildman–Crippen MR) is 126 cm³/mol. The third-order valence-electron chi connectivity index (χ3n) is 5.14. The van der Waals surface area contributed by atoms with Gasteiger partial charge in [0.1, 0.15) is 16.3 Å². The monoisotopic (exact) mass is 459 g/mol. The number of Topliss-reactive ketones (excluding diaryl/α,β-unsaturated/α-hetero) is 1. The minimum absolute atomic E-state index is 0.0722. The molecule has 166 valence electrons. The molecule has 0 saturated carbocycles. The SMILES string of the molecule is Cc1ccc(C=c2sc(=C(C#N)C(=O)C(C)(C)C)n(CCCN3CCOCC3)c2=O)s1. The summed E-state index contributed by atoms with van der Waals surface area (Å²) < 4.78 is 8.04. The number of carbonyl (C=O) groups excluding carboxylic acids is 1. The molecule has 1 aliphatic rings. The van der Waals surface area contributed by atoms with E-state index in [9.17, 15) is 14.9 Å². The van der Waals surface area contributed by atoms with Gasteiger partial charge in [0.05, 0.1) is 17.7 Å². The molecule has 31 heavy (non-hydrogen) atoms. The second kappa shape index (κ2) is 10.0. The van der Waals surface area contributed by atoms with Crippen LogP contribution < -0.4 is 14.8 Å². The quantitative estimate of drug-likeness (QED) is 0.662. The second-order valence-electron chi connectivity index (χ2n) is 8.69. The molecule has 3 heterocycles. The maximum absolute atomic E-state index is 13.3. The summed E-state index contributed by atoms with van der Waals surface area (Å²) in [5, 5.41) is 9.81. The van der Waals surface area contributed by atoms with E-state index in [1.165, 1.54) is 16.2 Å². The third kappa shape index (κ3) is 5.80. The van der Waals surface area contributed by atoms with E-state index in [4.69, 9.17) is 4.74 Å². The number of morpholine rings is 1. The number of aryl methyl sites for hydroxylation is 1. The zero-order valence-electron chi connectivity index (χ0n) is 18.6. The van der Waals surface area contributed by atoms with Crippen molar-refractivity contribution in [3.05, 3.63) is 41.4 Å². The fourth-order valence-electron chi connectivity index (χ4n) is 3.42. The molecule has 0 aromatic carbocycles. The molecule has 1 saturated heterocycles. The van der Waals surface area contributed by atoms with Gasteiger partial charge < -0.3 is 4.74 Å². The number of ketones is 1. The molecule has 0 aliphatic carbocycles. The lowest BCUT2D eigenvalue weighted by Gasteiger charge is -2.26. The maximum atomic E-state index is 13.3. The fourth-order valence-corrected chi connectivity index (χ4v) is 5.43. The van der Waals surface area contributed by atoms with E-state index in [0.717, 1.165) is 44.1 Å². The molecule has 0 spiro atoms. The third-order valence-corrected chi connectivity index (χ3v) is 7.21. The highest BCUT2D eigenvalue weighted by Crippen LogP contribution is 2.20. The van der Waals surface area contributed by atoms with Crippen molar-refractivity contribution < 1.29 is 9.53 Å². The zero-order valence-corrected chi connectivity index (χ0v) is 20.2. The van der Waals surface area contributed by atoms with Gasteiger partial charge in [0.15, 0.2) is 5.78 Å². The van der Waals surface area contributed by atoms with Gasteiger partial charge in [-0.15, -0.1) is 22.7 Å². The number of aromatic nitrogens is 1. The van der Waals surface area contributed by atoms with Gasteiger partial charge in [0, 0.05) is 41.3 Å². The molecule has 1 fully saturated rings. The summed E-state index contributed by atoms with van der Waals surface area (Å²) in [6.07, 6.45) is 2.63. The van der Waals surface area contributed by atoms with E-state index in [2.05, 4.69) is 11.0 Å². The van der Waals surface area contributed by atoms with E-state index < -0.39 is 5.41 Å². The molecule has 0 N–H and O–H groups in total. The maximum Gasteiger partial charge on any atom is 0.269 e. The molecule has 0 amide bonds. The lowest BCUT2D eigenvalue weighted by atomic mass is 9.87. The van der Waals surface area contributed by atoms with Gasteiger partial charge >= 0.3 is 0 Å². The summed E-state index contributed by atoms with van der Waals surface area (Å²) in [7, 11) is 0. The van der Waals surface area contributed by atoms with Gasteiger partial charge in [-0.1, -0.05) is 20.8 Å². The number of thiophene rings is 1. The molecular weight excluding hydrogens is 430 g/mol. The smallest absolute Gasteiger partial charge is 0.269 e. The van der Waals surface area contributed by atoms with Gasteiger partial charge in [-0.3, -0.25) is 19.1 Å². The van der Waals surface area contributed by atoms with Gasteiger partial charge in [-0.25, -0.2) is 0 Å². The van der Waals surface area contributed by atoms with Crippen molar-refractivity contribution in [1.29, 1.82) is 5.26 Å². The molecule has 0 unspecified atom stereocenters. The Kier molecular flexibility index (Phi) is 7.65. The summed E-state index contributed by atoms with van der Waals surface area (Å²) in [5.41, 5.74) is -0.760. The first-order valence-electron chi connectivity index (χ1n) is 10.5. The van der Waals surface area contributed by atoms with Crippen molar-refractivity contribution in [2.75, 3.05) is 32.8 Å². The van der Waals surface area contributed by atoms with E-state index in [1.54, 1.807) is 36.7 Å². The molecule has 1 aliphatic heterocycles. The van der Waals surface area contributed by atoms with Gasteiger partial charge in [-0.2, -0.15) is 5.26 Å². The van der Waals surface area contributed by atoms with Gasteiger partial charge in [0.2, 0.25) is 0 Å². The molecule has 8 heteroatoms. The molecule has 2 aromatic heterocycles. The number of nitrogens with zero attached hydrogens (tertiary/aromatic N) is 3. The van der Waals surface area contributed by atoms with Gasteiger partial charge in [0.25, 0.3) is 5.56 Å². The Labute approximate surface area is 190 Å². The Morgan fingerprint density at radius 2 is 1.94 bits per heavy atom. The molecule has 3 rings (SSSR count). The first kappa shape index (κ1) is 23.6. The van der Waals surface area contributed by atoms with Crippen LogP contribution in [0.5, 0.6) is 0 Å². The predicted octanol–water partition coefficient (Wildman–Crippen LogP) is 2.12. The molecule has 0 atom stereocenters. The van der Waals surface area contributed by atoms with Crippen molar-refractivity contribution in [3.63, 3.8) is 0 Å². The fraction of sp³-hybridized carbons (Fsp3) is 0.522. The summed E-state index contributed by atoms with van der Waals surface area (Å²) >= 11 is 2.85. The normalized spacial score (nSPS) is 16.9. The minimum atomic E-state index is -0.696. The Morgan fingerprint density at radius 3 is 2.52 bits per heavy atom. The van der Waals surface area contributed by atoms with Crippen LogP contribution in [0.3, 0.4) is 0 Å². The summed E-state index contributed by atoms with van der Waals surface area (Å²) in [6, 6.07) is 6.09. The van der Waals surface area contributed by atoms with E-state index in [1.807, 2.05) is 25.1 Å². The first-order valence-corrected chi connectivity index (χ1v) is 12.1. The lowest BCUT2D eigenvalue weighted by molar-refractivity contribution is -0.120. The zero-order chi connectivity index (χ0) is 22.6. The molecular formula is C23H29N3O3S2. The number of hydrogen-bond acceptors (Lipinski definition) is 7. The van der Waals surface area contributed by atoms with Crippen molar-refractivity contribution in [2.45, 2.75) is 40.7 Å². The Balaban J connectivity index is 2.05. The van der Waals surface area contributed by atoms with Crippen molar-refractivity contribution in [3.8, 4) is 6.07 Å². The summed E-state index contributed by atoms with van der Waals surface area (Å²) in [6.45, 7) is 12.0. The topological polar surface area (TPSA) is 75.3 Å².